The number of fused-ring (bicyclic) bond motifs is 1. The first-order chi connectivity index (χ1) is 15.9. The normalized spacial score (nSPS) is 14.6. The van der Waals surface area contributed by atoms with Crippen molar-refractivity contribution >= 4 is 46.5 Å². The number of carbonyl (C=O) groups is 4. The molecule has 33 heavy (non-hydrogen) atoms. The predicted molar refractivity (Wildman–Crippen MR) is 122 cm³/mol. The second kappa shape index (κ2) is 8.99. The molecule has 1 aromatic heterocycles. The maximum Gasteiger partial charge on any atom is 0.329 e. The molecule has 2 N–H and O–H groups in total. The Morgan fingerprint density at radius 2 is 1.79 bits per heavy atom. The monoisotopic (exact) mass is 446 g/mol. The van der Waals surface area contributed by atoms with Crippen molar-refractivity contribution < 1.29 is 23.9 Å². The first-order valence-electron chi connectivity index (χ1n) is 10.2. The summed E-state index contributed by atoms with van der Waals surface area (Å²) < 4.78 is 6.31. The quantitative estimate of drug-likeness (QED) is 0.344. The summed E-state index contributed by atoms with van der Waals surface area (Å²) in [5, 5.41) is 6.16. The van der Waals surface area contributed by atoms with Crippen molar-refractivity contribution in [1.29, 1.82) is 0 Å². The number of esters is 1. The van der Waals surface area contributed by atoms with Crippen LogP contribution >= 0.6 is 0 Å². The Morgan fingerprint density at radius 1 is 1.06 bits per heavy atom. The van der Waals surface area contributed by atoms with E-state index >= 15 is 0 Å². The molecule has 4 amide bonds. The summed E-state index contributed by atoms with van der Waals surface area (Å²) in [4.78, 5) is 49.7. The number of anilines is 1. The Labute approximate surface area is 189 Å². The van der Waals surface area contributed by atoms with Gasteiger partial charge >= 0.3 is 12.0 Å². The van der Waals surface area contributed by atoms with Gasteiger partial charge in [0.2, 0.25) is 5.91 Å². The van der Waals surface area contributed by atoms with E-state index in [-0.39, 0.29) is 18.1 Å². The van der Waals surface area contributed by atoms with Crippen molar-refractivity contribution in [2.45, 2.75) is 13.5 Å². The van der Waals surface area contributed by atoms with Gasteiger partial charge in [-0.1, -0.05) is 35.9 Å². The lowest BCUT2D eigenvalue weighted by atomic mass is 10.1. The molecular formula is C24H22N4O5. The molecule has 0 spiro atoms. The summed E-state index contributed by atoms with van der Waals surface area (Å²) in [6.07, 6.45) is 3.28. The van der Waals surface area contributed by atoms with Gasteiger partial charge in [0.05, 0.1) is 7.11 Å². The van der Waals surface area contributed by atoms with Crippen LogP contribution in [0.5, 0.6) is 0 Å². The largest absolute Gasteiger partial charge is 0.468 e. The lowest BCUT2D eigenvalue weighted by molar-refractivity contribution is -0.143. The number of nitrogens with zero attached hydrogens (tertiary/aromatic N) is 2. The molecule has 0 unspecified atom stereocenters. The highest BCUT2D eigenvalue weighted by Gasteiger charge is 2.35. The number of nitrogens with one attached hydrogen (secondary N) is 2. The summed E-state index contributed by atoms with van der Waals surface area (Å²) in [6, 6.07) is 14.3. The van der Waals surface area contributed by atoms with Gasteiger partial charge in [-0.25, -0.2) is 9.69 Å². The number of para-hydroxylation sites is 1. The number of aryl methyl sites for hydroxylation is 1. The van der Waals surface area contributed by atoms with E-state index in [1.807, 2.05) is 55.5 Å². The van der Waals surface area contributed by atoms with E-state index in [1.54, 1.807) is 10.8 Å². The first kappa shape index (κ1) is 21.8. The Morgan fingerprint density at radius 3 is 2.52 bits per heavy atom. The molecule has 0 saturated carbocycles. The highest BCUT2D eigenvalue weighted by molar-refractivity contribution is 6.15. The molecule has 0 bridgehead atoms. The van der Waals surface area contributed by atoms with Crippen LogP contribution in [-0.2, 0) is 25.7 Å². The molecule has 168 valence electrons. The van der Waals surface area contributed by atoms with E-state index in [0.717, 1.165) is 21.4 Å². The van der Waals surface area contributed by atoms with Crippen molar-refractivity contribution in [3.05, 3.63) is 71.6 Å². The summed E-state index contributed by atoms with van der Waals surface area (Å²) in [7, 11) is 1.18. The zero-order valence-corrected chi connectivity index (χ0v) is 18.1. The average Bonchev–Trinajstić information content (AvgIpc) is 3.27. The Kier molecular flexibility index (Phi) is 5.95. The third-order valence-corrected chi connectivity index (χ3v) is 5.25. The van der Waals surface area contributed by atoms with Gasteiger partial charge in [-0.15, -0.1) is 0 Å². The van der Waals surface area contributed by atoms with Gasteiger partial charge in [0, 0.05) is 28.4 Å². The topological polar surface area (TPSA) is 110 Å². The van der Waals surface area contributed by atoms with Crippen LogP contribution in [-0.4, -0.2) is 46.9 Å². The van der Waals surface area contributed by atoms with E-state index in [0.29, 0.717) is 11.3 Å². The van der Waals surface area contributed by atoms with Gasteiger partial charge in [-0.3, -0.25) is 14.4 Å². The van der Waals surface area contributed by atoms with E-state index < -0.39 is 24.5 Å². The molecule has 2 heterocycles. The maximum atomic E-state index is 12.6. The standard InChI is InChI=1S/C24H22N4O5/c1-15-7-9-17(10-8-15)25-21(29)13-27-12-16(18-5-3-4-6-20(18)27)11-19-23(31)28(24(32)26-19)14-22(30)33-2/h3-12H,13-14H2,1-2H3,(H,25,29)(H,26,32)/b19-11+. The molecule has 3 aromatic rings. The fourth-order valence-corrected chi connectivity index (χ4v) is 3.58. The van der Waals surface area contributed by atoms with Gasteiger partial charge < -0.3 is 19.9 Å². The minimum absolute atomic E-state index is 0.0379. The molecule has 0 radical (unpaired) electrons. The van der Waals surface area contributed by atoms with Gasteiger partial charge in [0.25, 0.3) is 5.91 Å². The summed E-state index contributed by atoms with van der Waals surface area (Å²) in [5.74, 6) is -1.52. The molecule has 2 aromatic carbocycles. The molecule has 9 nitrogen and oxygen atoms in total. The fourth-order valence-electron chi connectivity index (χ4n) is 3.58. The number of carbonyl (C=O) groups excluding carboxylic acids is 4. The number of hydrogen-bond donors (Lipinski definition) is 2. The summed E-state index contributed by atoms with van der Waals surface area (Å²) >= 11 is 0. The number of rotatable bonds is 6. The van der Waals surface area contributed by atoms with Crippen LogP contribution < -0.4 is 10.6 Å². The van der Waals surface area contributed by atoms with Gasteiger partial charge in [0.15, 0.2) is 0 Å². The van der Waals surface area contributed by atoms with Gasteiger partial charge in [-0.2, -0.15) is 0 Å². The number of benzene rings is 2. The van der Waals surface area contributed by atoms with Gasteiger partial charge in [-0.05, 0) is 31.2 Å². The highest BCUT2D eigenvalue weighted by Crippen LogP contribution is 2.25. The average molecular weight is 446 g/mol. The van der Waals surface area contributed by atoms with E-state index in [9.17, 15) is 19.2 Å². The smallest absolute Gasteiger partial charge is 0.329 e. The molecule has 1 aliphatic heterocycles. The number of methoxy groups -OCH3 is 1. The van der Waals surface area contributed by atoms with E-state index in [4.69, 9.17) is 0 Å². The molecule has 0 aliphatic carbocycles. The molecule has 9 heteroatoms. The molecule has 1 fully saturated rings. The minimum Gasteiger partial charge on any atom is -0.468 e. The third-order valence-electron chi connectivity index (χ3n) is 5.25. The second-order valence-electron chi connectivity index (χ2n) is 7.60. The number of urea groups is 1. The second-order valence-corrected chi connectivity index (χ2v) is 7.60. The van der Waals surface area contributed by atoms with Crippen LogP contribution in [0.1, 0.15) is 11.1 Å². The Balaban J connectivity index is 1.59. The van der Waals surface area contributed by atoms with E-state index in [1.165, 1.54) is 13.2 Å². The van der Waals surface area contributed by atoms with Crippen molar-refractivity contribution in [2.75, 3.05) is 19.0 Å². The van der Waals surface area contributed by atoms with Crippen LogP contribution in [0.3, 0.4) is 0 Å². The zero-order chi connectivity index (χ0) is 23.5. The molecular weight excluding hydrogens is 424 g/mol. The molecule has 1 aliphatic rings. The molecule has 0 atom stereocenters. The Hall–Kier alpha value is -4.40. The lowest BCUT2D eigenvalue weighted by Crippen LogP contribution is -2.36. The first-order valence-corrected chi connectivity index (χ1v) is 10.2. The predicted octanol–water partition coefficient (Wildman–Crippen LogP) is 2.65. The number of ether oxygens (including phenoxy) is 1. The van der Waals surface area contributed by atoms with E-state index in [2.05, 4.69) is 15.4 Å². The minimum atomic E-state index is -0.698. The number of imide groups is 1. The summed E-state index contributed by atoms with van der Waals surface area (Å²) in [6.45, 7) is 1.56. The van der Waals surface area contributed by atoms with Crippen molar-refractivity contribution in [1.82, 2.24) is 14.8 Å². The van der Waals surface area contributed by atoms with Crippen LogP contribution in [0, 0.1) is 6.92 Å². The van der Waals surface area contributed by atoms with Crippen LogP contribution in [0.15, 0.2) is 60.4 Å². The summed E-state index contributed by atoms with van der Waals surface area (Å²) in [5.41, 5.74) is 3.29. The SMILES string of the molecule is COC(=O)CN1C(=O)N/C(=C/c2cn(CC(=O)Nc3ccc(C)cc3)c3ccccc23)C1=O. The van der Waals surface area contributed by atoms with Gasteiger partial charge in [0.1, 0.15) is 18.8 Å². The number of amides is 4. The zero-order valence-electron chi connectivity index (χ0n) is 18.1. The van der Waals surface area contributed by atoms with Crippen LogP contribution in [0.2, 0.25) is 0 Å². The lowest BCUT2D eigenvalue weighted by Gasteiger charge is -2.08. The van der Waals surface area contributed by atoms with Crippen LogP contribution in [0.25, 0.3) is 17.0 Å². The Bertz CT molecular complexity index is 1290. The third kappa shape index (κ3) is 4.62. The fraction of sp³-hybridized carbons (Fsp3) is 0.167. The van der Waals surface area contributed by atoms with Crippen molar-refractivity contribution in [3.63, 3.8) is 0 Å². The molecule has 4 rings (SSSR count). The number of aromatic nitrogens is 1. The highest BCUT2D eigenvalue weighted by atomic mass is 16.5. The van der Waals surface area contributed by atoms with Crippen molar-refractivity contribution in [3.8, 4) is 0 Å². The molecule has 1 saturated heterocycles. The maximum absolute atomic E-state index is 12.6. The van der Waals surface area contributed by atoms with Crippen molar-refractivity contribution in [2.24, 2.45) is 0 Å². The number of hydrogen-bond acceptors (Lipinski definition) is 5. The van der Waals surface area contributed by atoms with Crippen LogP contribution in [0.4, 0.5) is 10.5 Å².